The van der Waals surface area contributed by atoms with Crippen LogP contribution in [0.3, 0.4) is 0 Å². The summed E-state index contributed by atoms with van der Waals surface area (Å²) in [6.07, 6.45) is 13.0. The lowest BCUT2D eigenvalue weighted by Gasteiger charge is -2.36. The molecule has 0 saturated heterocycles. The molecule has 0 heterocycles. The predicted molar refractivity (Wildman–Crippen MR) is 82.3 cm³/mol. The van der Waals surface area contributed by atoms with E-state index >= 15 is 0 Å². The largest absolute Gasteiger partial charge is 0.465 e. The van der Waals surface area contributed by atoms with Crippen LogP contribution in [0.2, 0.25) is 0 Å². The van der Waals surface area contributed by atoms with Crippen molar-refractivity contribution < 1.29 is 9.53 Å². The molecule has 2 nitrogen and oxygen atoms in total. The Labute approximate surface area is 124 Å². The van der Waals surface area contributed by atoms with Gasteiger partial charge in [0.25, 0.3) is 0 Å². The average Bonchev–Trinajstić information content (AvgIpc) is 2.53. The number of esters is 1. The topological polar surface area (TPSA) is 26.3 Å². The molecule has 2 heteroatoms. The van der Waals surface area contributed by atoms with E-state index in [0.29, 0.717) is 6.61 Å². The minimum Gasteiger partial charge on any atom is -0.465 e. The molecule has 2 saturated carbocycles. The molecule has 0 radical (unpaired) electrons. The first-order valence-electron chi connectivity index (χ1n) is 8.53. The summed E-state index contributed by atoms with van der Waals surface area (Å²) in [6, 6.07) is 0. The van der Waals surface area contributed by atoms with Crippen molar-refractivity contribution in [1.82, 2.24) is 0 Å². The molecule has 0 bridgehead atoms. The molecule has 0 aromatic heterocycles. The van der Waals surface area contributed by atoms with Gasteiger partial charge in [0.2, 0.25) is 0 Å². The van der Waals surface area contributed by atoms with Crippen molar-refractivity contribution >= 4 is 5.97 Å². The fourth-order valence-electron chi connectivity index (χ4n) is 4.00. The minimum absolute atomic E-state index is 0.0562. The third-order valence-electron chi connectivity index (χ3n) is 5.37. The zero-order valence-electron chi connectivity index (χ0n) is 13.0. The number of hydrogen-bond donors (Lipinski definition) is 0. The lowest BCUT2D eigenvalue weighted by atomic mass is 9.69. The summed E-state index contributed by atoms with van der Waals surface area (Å²) >= 11 is 0. The molecule has 2 rings (SSSR count). The highest BCUT2D eigenvalue weighted by Gasteiger charge is 2.32. The molecule has 20 heavy (non-hydrogen) atoms. The molecule has 0 amide bonds. The van der Waals surface area contributed by atoms with Gasteiger partial charge < -0.3 is 4.74 Å². The summed E-state index contributed by atoms with van der Waals surface area (Å²) < 4.78 is 5.29. The van der Waals surface area contributed by atoms with Gasteiger partial charge in [-0.3, -0.25) is 4.79 Å². The van der Waals surface area contributed by atoms with Crippen molar-refractivity contribution in [3.05, 3.63) is 12.7 Å². The summed E-state index contributed by atoms with van der Waals surface area (Å²) in [6.45, 7) is 6.56. The lowest BCUT2D eigenvalue weighted by Crippen LogP contribution is -2.29. The Kier molecular flexibility index (Phi) is 6.12. The highest BCUT2D eigenvalue weighted by Crippen LogP contribution is 2.41. The van der Waals surface area contributed by atoms with Crippen molar-refractivity contribution in [2.45, 2.75) is 64.7 Å². The number of hydrogen-bond acceptors (Lipinski definition) is 2. The van der Waals surface area contributed by atoms with Gasteiger partial charge in [-0.25, -0.2) is 0 Å². The molecule has 2 aliphatic rings. The fraction of sp³-hybridized carbons (Fsp3) is 0.833. The van der Waals surface area contributed by atoms with E-state index in [0.717, 1.165) is 37.0 Å². The van der Waals surface area contributed by atoms with Crippen LogP contribution in [-0.4, -0.2) is 12.6 Å². The first-order valence-corrected chi connectivity index (χ1v) is 8.53. The quantitative estimate of drug-likeness (QED) is 0.536. The Morgan fingerprint density at radius 2 is 1.60 bits per heavy atom. The van der Waals surface area contributed by atoms with Crippen LogP contribution in [0.1, 0.15) is 64.7 Å². The van der Waals surface area contributed by atoms with Gasteiger partial charge in [0.1, 0.15) is 0 Å². The molecule has 0 aromatic rings. The maximum atomic E-state index is 11.9. The standard InChI is InChI=1S/C18H30O2/c1-3-13-20-18(19)17-11-9-16(10-12-17)15-7-5-14(4-2)6-8-15/h4,14-17H,2-3,5-13H2,1H3. The first-order chi connectivity index (χ1) is 9.74. The van der Waals surface area contributed by atoms with Crippen LogP contribution in [0, 0.1) is 23.7 Å². The summed E-state index contributed by atoms with van der Waals surface area (Å²) in [4.78, 5) is 11.9. The van der Waals surface area contributed by atoms with Crippen molar-refractivity contribution in [1.29, 1.82) is 0 Å². The zero-order valence-corrected chi connectivity index (χ0v) is 13.0. The molecule has 0 N–H and O–H groups in total. The fourth-order valence-corrected chi connectivity index (χ4v) is 4.00. The Hall–Kier alpha value is -0.790. The number of allylic oxidation sites excluding steroid dienone is 1. The molecule has 2 aliphatic carbocycles. The molecule has 0 spiro atoms. The Morgan fingerprint density at radius 1 is 1.05 bits per heavy atom. The van der Waals surface area contributed by atoms with E-state index < -0.39 is 0 Å². The predicted octanol–water partition coefficient (Wildman–Crippen LogP) is 4.74. The number of carbonyl (C=O) groups is 1. The highest BCUT2D eigenvalue weighted by atomic mass is 16.5. The second-order valence-electron chi connectivity index (χ2n) is 6.69. The van der Waals surface area contributed by atoms with Gasteiger partial charge in [-0.05, 0) is 75.5 Å². The second kappa shape index (κ2) is 7.85. The first kappa shape index (κ1) is 15.6. The molecule has 0 atom stereocenters. The van der Waals surface area contributed by atoms with Gasteiger partial charge in [0, 0.05) is 0 Å². The Bertz CT molecular complexity index is 307. The van der Waals surface area contributed by atoms with Crippen LogP contribution in [0.15, 0.2) is 12.7 Å². The van der Waals surface area contributed by atoms with Crippen molar-refractivity contribution in [3.8, 4) is 0 Å². The Morgan fingerprint density at radius 3 is 2.10 bits per heavy atom. The van der Waals surface area contributed by atoms with E-state index in [1.807, 2.05) is 6.92 Å². The summed E-state index contributed by atoms with van der Waals surface area (Å²) in [7, 11) is 0. The van der Waals surface area contributed by atoms with Crippen LogP contribution in [0.4, 0.5) is 0 Å². The molecule has 0 aliphatic heterocycles. The van der Waals surface area contributed by atoms with E-state index in [4.69, 9.17) is 4.74 Å². The van der Waals surface area contributed by atoms with Crippen LogP contribution < -0.4 is 0 Å². The third-order valence-corrected chi connectivity index (χ3v) is 5.37. The van der Waals surface area contributed by atoms with Crippen LogP contribution in [-0.2, 0) is 9.53 Å². The van der Waals surface area contributed by atoms with Crippen LogP contribution in [0.25, 0.3) is 0 Å². The number of rotatable bonds is 5. The van der Waals surface area contributed by atoms with Gasteiger partial charge in [-0.15, -0.1) is 6.58 Å². The molecule has 2 fully saturated rings. The van der Waals surface area contributed by atoms with Gasteiger partial charge in [0.05, 0.1) is 12.5 Å². The summed E-state index contributed by atoms with van der Waals surface area (Å²) in [5, 5.41) is 0. The molecular weight excluding hydrogens is 248 g/mol. The van der Waals surface area contributed by atoms with Crippen molar-refractivity contribution in [2.24, 2.45) is 23.7 Å². The van der Waals surface area contributed by atoms with Crippen molar-refractivity contribution in [2.75, 3.05) is 6.61 Å². The highest BCUT2D eigenvalue weighted by molar-refractivity contribution is 5.72. The lowest BCUT2D eigenvalue weighted by molar-refractivity contribution is -0.150. The minimum atomic E-state index is 0.0562. The van der Waals surface area contributed by atoms with Gasteiger partial charge in [-0.2, -0.15) is 0 Å². The second-order valence-corrected chi connectivity index (χ2v) is 6.69. The summed E-state index contributed by atoms with van der Waals surface area (Å²) in [5.74, 6) is 2.75. The van der Waals surface area contributed by atoms with E-state index in [1.165, 1.54) is 38.5 Å². The van der Waals surface area contributed by atoms with Gasteiger partial charge >= 0.3 is 5.97 Å². The third kappa shape index (κ3) is 4.10. The van der Waals surface area contributed by atoms with E-state index in [2.05, 4.69) is 12.7 Å². The van der Waals surface area contributed by atoms with Crippen molar-refractivity contribution in [3.63, 3.8) is 0 Å². The van der Waals surface area contributed by atoms with E-state index in [9.17, 15) is 4.79 Å². The SMILES string of the molecule is C=CC1CCC(C2CCC(C(=O)OCCC)CC2)CC1. The smallest absolute Gasteiger partial charge is 0.308 e. The van der Waals surface area contributed by atoms with E-state index in [-0.39, 0.29) is 11.9 Å². The molecule has 0 unspecified atom stereocenters. The molecular formula is C18H30O2. The zero-order chi connectivity index (χ0) is 14.4. The maximum Gasteiger partial charge on any atom is 0.308 e. The number of ether oxygens (including phenoxy) is 1. The van der Waals surface area contributed by atoms with E-state index in [1.54, 1.807) is 0 Å². The van der Waals surface area contributed by atoms with Gasteiger partial charge in [-0.1, -0.05) is 13.0 Å². The average molecular weight is 278 g/mol. The molecule has 0 aromatic carbocycles. The number of carbonyl (C=O) groups excluding carboxylic acids is 1. The maximum absolute atomic E-state index is 11.9. The van der Waals surface area contributed by atoms with Gasteiger partial charge in [0.15, 0.2) is 0 Å². The van der Waals surface area contributed by atoms with Crippen LogP contribution in [0.5, 0.6) is 0 Å². The summed E-state index contributed by atoms with van der Waals surface area (Å²) in [5.41, 5.74) is 0. The van der Waals surface area contributed by atoms with Crippen LogP contribution >= 0.6 is 0 Å². The monoisotopic (exact) mass is 278 g/mol. The normalized spacial score (nSPS) is 34.5. The molecule has 114 valence electrons. The Balaban J connectivity index is 1.71.